The van der Waals surface area contributed by atoms with Gasteiger partial charge in [-0.3, -0.25) is 9.59 Å². The van der Waals surface area contributed by atoms with Gasteiger partial charge in [-0.05, 0) is 36.2 Å². The molecule has 0 radical (unpaired) electrons. The molecule has 0 saturated heterocycles. The Morgan fingerprint density at radius 2 is 1.61 bits per heavy atom. The van der Waals surface area contributed by atoms with E-state index in [9.17, 15) is 14.4 Å². The first kappa shape index (κ1) is 20.3. The van der Waals surface area contributed by atoms with Crippen LogP contribution in [-0.4, -0.2) is 23.9 Å². The smallest absolute Gasteiger partial charge is 0.339 e. The molecule has 0 aliphatic carbocycles. The van der Waals surface area contributed by atoms with Gasteiger partial charge in [0, 0.05) is 6.42 Å². The fourth-order valence-corrected chi connectivity index (χ4v) is 3.58. The molecule has 3 aromatic carbocycles. The van der Waals surface area contributed by atoms with Gasteiger partial charge in [0.2, 0.25) is 0 Å². The molecule has 3 aromatic rings. The van der Waals surface area contributed by atoms with Crippen molar-refractivity contribution in [3.05, 3.63) is 101 Å². The fourth-order valence-electron chi connectivity index (χ4n) is 3.58. The number of cyclic esters (lactones) is 1. The van der Waals surface area contributed by atoms with Gasteiger partial charge >= 0.3 is 5.97 Å². The van der Waals surface area contributed by atoms with Gasteiger partial charge in [-0.2, -0.15) is 0 Å². The molecule has 156 valence electrons. The van der Waals surface area contributed by atoms with Gasteiger partial charge in [0.1, 0.15) is 0 Å². The first-order valence-electron chi connectivity index (χ1n) is 10.1. The molecule has 1 aliphatic heterocycles. The molecule has 6 heteroatoms. The summed E-state index contributed by atoms with van der Waals surface area (Å²) >= 11 is 0. The van der Waals surface area contributed by atoms with Crippen molar-refractivity contribution in [1.82, 2.24) is 5.32 Å². The van der Waals surface area contributed by atoms with Crippen LogP contribution in [0.4, 0.5) is 5.69 Å². The minimum atomic E-state index is -0.957. The molecule has 0 saturated carbocycles. The van der Waals surface area contributed by atoms with Gasteiger partial charge in [0.25, 0.3) is 11.8 Å². The molecule has 2 N–H and O–H groups in total. The molecule has 4 rings (SSSR count). The van der Waals surface area contributed by atoms with Crippen LogP contribution in [0.3, 0.4) is 0 Å². The van der Waals surface area contributed by atoms with Crippen LogP contribution in [-0.2, 0) is 16.0 Å². The van der Waals surface area contributed by atoms with Gasteiger partial charge in [-0.1, -0.05) is 60.7 Å². The highest BCUT2D eigenvalue weighted by Crippen LogP contribution is 2.23. The number of esters is 1. The number of amides is 2. The molecule has 0 fully saturated rings. The zero-order valence-electron chi connectivity index (χ0n) is 17.0. The van der Waals surface area contributed by atoms with Crippen LogP contribution in [0, 0.1) is 0 Å². The summed E-state index contributed by atoms with van der Waals surface area (Å²) in [4.78, 5) is 37.9. The lowest BCUT2D eigenvalue weighted by atomic mass is 9.98. The minimum absolute atomic E-state index is 0.201. The van der Waals surface area contributed by atoms with Crippen molar-refractivity contribution in [1.29, 1.82) is 0 Å². The number of hydrogen-bond acceptors (Lipinski definition) is 4. The number of nitrogens with one attached hydrogen (secondary N) is 2. The van der Waals surface area contributed by atoms with E-state index < -0.39 is 18.0 Å². The Hall–Kier alpha value is -3.93. The van der Waals surface area contributed by atoms with E-state index >= 15 is 0 Å². The molecule has 2 unspecified atom stereocenters. The minimum Gasteiger partial charge on any atom is -0.448 e. The van der Waals surface area contributed by atoms with E-state index in [4.69, 9.17) is 4.74 Å². The molecule has 31 heavy (non-hydrogen) atoms. The van der Waals surface area contributed by atoms with Gasteiger partial charge < -0.3 is 15.4 Å². The van der Waals surface area contributed by atoms with Gasteiger partial charge in [-0.25, -0.2) is 4.79 Å². The van der Waals surface area contributed by atoms with E-state index in [-0.39, 0.29) is 18.4 Å². The largest absolute Gasteiger partial charge is 0.448 e. The molecule has 0 aromatic heterocycles. The number of carbonyl (C=O) groups excluding carboxylic acids is 3. The number of para-hydroxylation sites is 1. The summed E-state index contributed by atoms with van der Waals surface area (Å²) in [6.45, 7) is 1.90. The number of anilines is 1. The Morgan fingerprint density at radius 1 is 0.935 bits per heavy atom. The maximum absolute atomic E-state index is 12.9. The predicted octanol–water partition coefficient (Wildman–Crippen LogP) is 3.90. The summed E-state index contributed by atoms with van der Waals surface area (Å²) in [6.07, 6.45) is -0.672. The zero-order valence-corrected chi connectivity index (χ0v) is 17.0. The van der Waals surface area contributed by atoms with Crippen molar-refractivity contribution < 1.29 is 19.1 Å². The van der Waals surface area contributed by atoms with Gasteiger partial charge in [0.05, 0.1) is 22.9 Å². The van der Waals surface area contributed by atoms with E-state index in [2.05, 4.69) is 10.6 Å². The van der Waals surface area contributed by atoms with Crippen LogP contribution in [0.25, 0.3) is 0 Å². The monoisotopic (exact) mass is 414 g/mol. The van der Waals surface area contributed by atoms with Crippen LogP contribution in [0.5, 0.6) is 0 Å². The van der Waals surface area contributed by atoms with Crippen molar-refractivity contribution in [3.63, 3.8) is 0 Å². The molecular formula is C25H22N2O4. The predicted molar refractivity (Wildman–Crippen MR) is 117 cm³/mol. The third kappa shape index (κ3) is 4.48. The Kier molecular flexibility index (Phi) is 5.80. The summed E-state index contributed by atoms with van der Waals surface area (Å²) in [5.74, 6) is -1.30. The summed E-state index contributed by atoms with van der Waals surface area (Å²) in [5.41, 5.74) is 2.91. The summed E-state index contributed by atoms with van der Waals surface area (Å²) in [5, 5.41) is 5.70. The van der Waals surface area contributed by atoms with Crippen molar-refractivity contribution in [3.8, 4) is 0 Å². The zero-order chi connectivity index (χ0) is 21.8. The SMILES string of the molecule is CC(NC(=O)c1ccccc1NC(=O)C1Cc2ccccc2C(=O)O1)c1ccccc1. The number of carbonyl (C=O) groups is 3. The average molecular weight is 414 g/mol. The average Bonchev–Trinajstić information content (AvgIpc) is 2.80. The Balaban J connectivity index is 1.48. The van der Waals surface area contributed by atoms with Crippen molar-refractivity contribution in [2.75, 3.05) is 5.32 Å². The second-order valence-electron chi connectivity index (χ2n) is 7.40. The van der Waals surface area contributed by atoms with Crippen molar-refractivity contribution >= 4 is 23.5 Å². The van der Waals surface area contributed by atoms with Gasteiger partial charge in [0.15, 0.2) is 6.10 Å². The maximum Gasteiger partial charge on any atom is 0.339 e. The van der Waals surface area contributed by atoms with Crippen molar-refractivity contribution in [2.24, 2.45) is 0 Å². The highest BCUT2D eigenvalue weighted by atomic mass is 16.5. The highest BCUT2D eigenvalue weighted by molar-refractivity contribution is 6.06. The number of benzene rings is 3. The molecule has 0 spiro atoms. The third-order valence-corrected chi connectivity index (χ3v) is 5.26. The second-order valence-corrected chi connectivity index (χ2v) is 7.40. The van der Waals surface area contributed by atoms with E-state index in [1.807, 2.05) is 49.4 Å². The molecular weight excluding hydrogens is 392 g/mol. The quantitative estimate of drug-likeness (QED) is 0.620. The highest BCUT2D eigenvalue weighted by Gasteiger charge is 2.31. The molecule has 1 aliphatic rings. The normalized spacial score (nSPS) is 15.9. The van der Waals surface area contributed by atoms with Crippen LogP contribution < -0.4 is 10.6 Å². The molecule has 0 bridgehead atoms. The van der Waals surface area contributed by atoms with E-state index in [1.165, 1.54) is 0 Å². The van der Waals surface area contributed by atoms with Gasteiger partial charge in [-0.15, -0.1) is 0 Å². The molecule has 2 amide bonds. The summed E-state index contributed by atoms with van der Waals surface area (Å²) in [7, 11) is 0. The first-order chi connectivity index (χ1) is 15.0. The Bertz CT molecular complexity index is 1130. The molecule has 2 atom stereocenters. The van der Waals surface area contributed by atoms with Crippen LogP contribution in [0.15, 0.2) is 78.9 Å². The lowest BCUT2D eigenvalue weighted by molar-refractivity contribution is -0.125. The number of ether oxygens (including phenoxy) is 1. The summed E-state index contributed by atoms with van der Waals surface area (Å²) < 4.78 is 5.32. The van der Waals surface area contributed by atoms with Crippen LogP contribution in [0.2, 0.25) is 0 Å². The number of hydrogen-bond donors (Lipinski definition) is 2. The third-order valence-electron chi connectivity index (χ3n) is 5.26. The van der Waals surface area contributed by atoms with Crippen LogP contribution in [0.1, 0.15) is 44.8 Å². The fraction of sp³-hybridized carbons (Fsp3) is 0.160. The molecule has 6 nitrogen and oxygen atoms in total. The number of fused-ring (bicyclic) bond motifs is 1. The first-order valence-corrected chi connectivity index (χ1v) is 10.1. The van der Waals surface area contributed by atoms with E-state index in [1.54, 1.807) is 36.4 Å². The lowest BCUT2D eigenvalue weighted by Gasteiger charge is -2.24. The Labute approximate surface area is 180 Å². The lowest BCUT2D eigenvalue weighted by Crippen LogP contribution is -2.38. The molecule has 1 heterocycles. The Morgan fingerprint density at radius 3 is 2.42 bits per heavy atom. The van der Waals surface area contributed by atoms with Crippen LogP contribution >= 0.6 is 0 Å². The van der Waals surface area contributed by atoms with E-state index in [0.717, 1.165) is 11.1 Å². The van der Waals surface area contributed by atoms with Crippen molar-refractivity contribution in [2.45, 2.75) is 25.5 Å². The standard InChI is InChI=1S/C25H22N2O4/c1-16(17-9-3-2-4-10-17)26-23(28)20-13-7-8-14-21(20)27-24(29)22-15-18-11-5-6-12-19(18)25(30)31-22/h2-14,16,22H,15H2,1H3,(H,26,28)(H,27,29). The second kappa shape index (κ2) is 8.83. The topological polar surface area (TPSA) is 84.5 Å². The maximum atomic E-state index is 12.9. The number of rotatable bonds is 5. The summed E-state index contributed by atoms with van der Waals surface area (Å²) in [6, 6.07) is 23.2. The van der Waals surface area contributed by atoms with E-state index in [0.29, 0.717) is 16.8 Å².